The Balaban J connectivity index is 1.93. The molecule has 0 aliphatic heterocycles. The first-order chi connectivity index (χ1) is 10.1. The number of sulfonamides is 1. The zero-order chi connectivity index (χ0) is 16.4. The Morgan fingerprint density at radius 3 is 2.59 bits per heavy atom. The molecule has 122 valence electrons. The minimum atomic E-state index is -4.54. The summed E-state index contributed by atoms with van der Waals surface area (Å²) in [4.78, 5) is 3.86. The fourth-order valence-electron chi connectivity index (χ4n) is 1.40. The third-order valence-electron chi connectivity index (χ3n) is 2.42. The monoisotopic (exact) mass is 340 g/mol. The second-order valence-electron chi connectivity index (χ2n) is 4.34. The number of aryl methyl sites for hydroxylation is 1. The molecule has 0 fully saturated rings. The summed E-state index contributed by atoms with van der Waals surface area (Å²) in [6.45, 7) is 1.25. The van der Waals surface area contributed by atoms with E-state index < -0.39 is 34.9 Å². The predicted octanol–water partition coefficient (Wildman–Crippen LogP) is 1.40. The summed E-state index contributed by atoms with van der Waals surface area (Å²) in [5.41, 5.74) is 0.299. The molecule has 0 aliphatic carbocycles. The number of rotatable bonds is 6. The molecule has 8 nitrogen and oxygen atoms in total. The molecule has 2 aromatic rings. The van der Waals surface area contributed by atoms with Crippen molar-refractivity contribution in [3.8, 4) is 11.5 Å². The molecule has 0 radical (unpaired) electrons. The summed E-state index contributed by atoms with van der Waals surface area (Å²) in [6.07, 6.45) is -5.98. The van der Waals surface area contributed by atoms with Crippen LogP contribution in [0.3, 0.4) is 0 Å². The van der Waals surface area contributed by atoms with Gasteiger partial charge in [0.05, 0.1) is 18.7 Å². The largest absolute Gasteiger partial charge is 0.390 e. The van der Waals surface area contributed by atoms with Gasteiger partial charge >= 0.3 is 6.18 Å². The minimum absolute atomic E-state index is 0.0846. The van der Waals surface area contributed by atoms with E-state index in [0.29, 0.717) is 11.5 Å². The molecule has 0 saturated heterocycles. The quantitative estimate of drug-likeness (QED) is 0.846. The number of aromatic nitrogens is 3. The van der Waals surface area contributed by atoms with Crippen molar-refractivity contribution in [3.63, 3.8) is 0 Å². The van der Waals surface area contributed by atoms with Crippen molar-refractivity contribution in [1.29, 1.82) is 0 Å². The standard InChI is InChI=1S/C10H11F3N4O4S/c1-6-4-7(16-20-6)9-15-8(21-17-9)5-14-22(18,19)3-2-10(11,12)13/h4,14H,2-3,5H2,1H3. The Hall–Kier alpha value is -1.95. The topological polar surface area (TPSA) is 111 Å². The highest BCUT2D eigenvalue weighted by molar-refractivity contribution is 7.89. The first-order valence-corrected chi connectivity index (χ1v) is 7.60. The summed E-state index contributed by atoms with van der Waals surface area (Å²) in [6, 6.07) is 1.54. The lowest BCUT2D eigenvalue weighted by Gasteiger charge is -2.07. The second kappa shape index (κ2) is 6.04. The summed E-state index contributed by atoms with van der Waals surface area (Å²) in [5, 5.41) is 7.20. The van der Waals surface area contributed by atoms with Crippen molar-refractivity contribution in [1.82, 2.24) is 20.0 Å². The number of alkyl halides is 3. The minimum Gasteiger partial charge on any atom is -0.361 e. The second-order valence-corrected chi connectivity index (χ2v) is 6.27. The van der Waals surface area contributed by atoms with Gasteiger partial charge in [0.25, 0.3) is 0 Å². The lowest BCUT2D eigenvalue weighted by atomic mass is 10.4. The van der Waals surface area contributed by atoms with Crippen LogP contribution in [0, 0.1) is 6.92 Å². The third-order valence-corrected chi connectivity index (χ3v) is 3.75. The van der Waals surface area contributed by atoms with Gasteiger partial charge in [-0.2, -0.15) is 18.2 Å². The van der Waals surface area contributed by atoms with Gasteiger partial charge < -0.3 is 9.05 Å². The molecule has 22 heavy (non-hydrogen) atoms. The Morgan fingerprint density at radius 1 is 1.27 bits per heavy atom. The van der Waals surface area contributed by atoms with Crippen molar-refractivity contribution in [2.24, 2.45) is 0 Å². The maximum absolute atomic E-state index is 12.0. The maximum Gasteiger partial charge on any atom is 0.390 e. The molecular weight excluding hydrogens is 329 g/mol. The van der Waals surface area contributed by atoms with Crippen LogP contribution in [-0.4, -0.2) is 35.6 Å². The highest BCUT2D eigenvalue weighted by Gasteiger charge is 2.30. The average Bonchev–Trinajstić information content (AvgIpc) is 3.02. The molecular formula is C10H11F3N4O4S. The molecule has 0 bridgehead atoms. The smallest absolute Gasteiger partial charge is 0.361 e. The molecule has 0 aliphatic rings. The Bertz CT molecular complexity index is 737. The van der Waals surface area contributed by atoms with E-state index in [1.807, 2.05) is 4.72 Å². The van der Waals surface area contributed by atoms with Crippen LogP contribution < -0.4 is 4.72 Å². The van der Waals surface area contributed by atoms with Crippen LogP contribution in [-0.2, 0) is 16.6 Å². The summed E-state index contributed by atoms with van der Waals surface area (Å²) >= 11 is 0. The van der Waals surface area contributed by atoms with E-state index in [0.717, 1.165) is 0 Å². The lowest BCUT2D eigenvalue weighted by Crippen LogP contribution is -2.28. The van der Waals surface area contributed by atoms with Crippen molar-refractivity contribution in [2.75, 3.05) is 5.75 Å². The molecule has 0 atom stereocenters. The van der Waals surface area contributed by atoms with Gasteiger partial charge in [-0.1, -0.05) is 10.3 Å². The van der Waals surface area contributed by atoms with Crippen LogP contribution in [0.4, 0.5) is 13.2 Å². The van der Waals surface area contributed by atoms with Crippen molar-refractivity contribution in [2.45, 2.75) is 26.1 Å². The molecule has 2 aromatic heterocycles. The molecule has 0 spiro atoms. The van der Waals surface area contributed by atoms with Gasteiger partial charge in [0, 0.05) is 6.07 Å². The molecule has 2 rings (SSSR count). The number of halogens is 3. The van der Waals surface area contributed by atoms with Gasteiger partial charge in [-0.3, -0.25) is 0 Å². The van der Waals surface area contributed by atoms with E-state index >= 15 is 0 Å². The highest BCUT2D eigenvalue weighted by atomic mass is 32.2. The summed E-state index contributed by atoms with van der Waals surface area (Å²) < 4.78 is 70.3. The zero-order valence-corrected chi connectivity index (χ0v) is 12.0. The molecule has 0 aromatic carbocycles. The predicted molar refractivity (Wildman–Crippen MR) is 65.8 cm³/mol. The van der Waals surface area contributed by atoms with Gasteiger partial charge in [0.15, 0.2) is 5.69 Å². The first-order valence-electron chi connectivity index (χ1n) is 5.95. The number of nitrogens with one attached hydrogen (secondary N) is 1. The van der Waals surface area contributed by atoms with Crippen LogP contribution in [0.25, 0.3) is 11.5 Å². The molecule has 2 heterocycles. The van der Waals surface area contributed by atoms with Crippen molar-refractivity contribution < 1.29 is 30.6 Å². The zero-order valence-electron chi connectivity index (χ0n) is 11.2. The van der Waals surface area contributed by atoms with Gasteiger partial charge in [-0.15, -0.1) is 0 Å². The van der Waals surface area contributed by atoms with E-state index in [-0.39, 0.29) is 11.7 Å². The molecule has 0 saturated carbocycles. The lowest BCUT2D eigenvalue weighted by molar-refractivity contribution is -0.129. The van der Waals surface area contributed by atoms with Crippen molar-refractivity contribution in [3.05, 3.63) is 17.7 Å². The summed E-state index contributed by atoms with van der Waals surface area (Å²) in [5.74, 6) is -0.568. The average molecular weight is 340 g/mol. The fourth-order valence-corrected chi connectivity index (χ4v) is 2.38. The van der Waals surface area contributed by atoms with Gasteiger partial charge in [-0.25, -0.2) is 13.1 Å². The number of hydrogen-bond donors (Lipinski definition) is 1. The normalized spacial score (nSPS) is 12.7. The van der Waals surface area contributed by atoms with Gasteiger partial charge in [-0.05, 0) is 6.92 Å². The highest BCUT2D eigenvalue weighted by Crippen LogP contribution is 2.20. The van der Waals surface area contributed by atoms with E-state index in [1.54, 1.807) is 13.0 Å². The fraction of sp³-hybridized carbons (Fsp3) is 0.500. The third kappa shape index (κ3) is 4.80. The van der Waals surface area contributed by atoms with E-state index in [4.69, 9.17) is 9.05 Å². The Morgan fingerprint density at radius 2 is 2.00 bits per heavy atom. The van der Waals surface area contributed by atoms with Gasteiger partial charge in [0.2, 0.25) is 21.7 Å². The Kier molecular flexibility index (Phi) is 4.51. The first kappa shape index (κ1) is 16.4. The van der Waals surface area contributed by atoms with Crippen molar-refractivity contribution >= 4 is 10.0 Å². The van der Waals surface area contributed by atoms with Crippen LogP contribution in [0.15, 0.2) is 15.1 Å². The van der Waals surface area contributed by atoms with Crippen LogP contribution >= 0.6 is 0 Å². The van der Waals surface area contributed by atoms with Crippen LogP contribution in [0.5, 0.6) is 0 Å². The van der Waals surface area contributed by atoms with E-state index in [1.165, 1.54) is 0 Å². The van der Waals surface area contributed by atoms with E-state index in [9.17, 15) is 21.6 Å². The maximum atomic E-state index is 12.0. The SMILES string of the molecule is Cc1cc(-c2noc(CNS(=O)(=O)CCC(F)(F)F)n2)no1. The molecule has 12 heteroatoms. The number of nitrogens with zero attached hydrogens (tertiary/aromatic N) is 3. The van der Waals surface area contributed by atoms with E-state index in [2.05, 4.69) is 15.3 Å². The molecule has 0 amide bonds. The molecule has 1 N–H and O–H groups in total. The molecule has 0 unspecified atom stereocenters. The Labute approximate surface area is 122 Å². The summed E-state index contributed by atoms with van der Waals surface area (Å²) in [7, 11) is -4.10. The number of hydrogen-bond acceptors (Lipinski definition) is 7. The van der Waals surface area contributed by atoms with Crippen LogP contribution in [0.1, 0.15) is 18.1 Å². The van der Waals surface area contributed by atoms with Crippen LogP contribution in [0.2, 0.25) is 0 Å². The van der Waals surface area contributed by atoms with Gasteiger partial charge in [0.1, 0.15) is 5.76 Å².